The Hall–Kier alpha value is -1.11. The summed E-state index contributed by atoms with van der Waals surface area (Å²) in [5.74, 6) is 0. The Bertz CT molecular complexity index is 263. The van der Waals surface area contributed by atoms with E-state index in [-0.39, 0.29) is 0 Å². The Balaban J connectivity index is 0.000000336. The fourth-order valence-electron chi connectivity index (χ4n) is 1.24. The van der Waals surface area contributed by atoms with Gasteiger partial charge >= 0.3 is 0 Å². The van der Waals surface area contributed by atoms with Crippen LogP contribution in [0.15, 0.2) is 29.3 Å². The van der Waals surface area contributed by atoms with Gasteiger partial charge in [0.2, 0.25) is 0 Å². The smallest absolute Gasteiger partial charge is 0.0430 e. The Morgan fingerprint density at radius 3 is 2.67 bits per heavy atom. The second-order valence-corrected chi connectivity index (χ2v) is 2.48. The summed E-state index contributed by atoms with van der Waals surface area (Å²) in [6, 6.07) is 8.41. The van der Waals surface area contributed by atoms with Crippen molar-refractivity contribution in [2.45, 2.75) is 20.3 Å². The highest BCUT2D eigenvalue weighted by atomic mass is 14.7. The van der Waals surface area contributed by atoms with Crippen molar-refractivity contribution in [1.29, 1.82) is 0 Å². The summed E-state index contributed by atoms with van der Waals surface area (Å²) in [7, 11) is 0. The average molecular weight is 161 g/mol. The maximum Gasteiger partial charge on any atom is 0.0430 e. The van der Waals surface area contributed by atoms with Gasteiger partial charge in [0.15, 0.2) is 0 Å². The fraction of sp³-hybridized carbons (Fsp3) is 0.364. The Kier molecular flexibility index (Phi) is 3.52. The maximum atomic E-state index is 4.19. The zero-order chi connectivity index (χ0) is 8.81. The number of hydrogen-bond donors (Lipinski definition) is 0. The number of nitrogens with zero attached hydrogens (tertiary/aromatic N) is 1. The highest BCUT2D eigenvalue weighted by molar-refractivity contribution is 5.82. The van der Waals surface area contributed by atoms with Gasteiger partial charge in [-0.3, -0.25) is 4.99 Å². The fourth-order valence-corrected chi connectivity index (χ4v) is 1.24. The molecule has 0 amide bonds. The van der Waals surface area contributed by atoms with Crippen LogP contribution in [0.2, 0.25) is 0 Å². The van der Waals surface area contributed by atoms with E-state index >= 15 is 0 Å². The van der Waals surface area contributed by atoms with Crippen LogP contribution in [-0.4, -0.2) is 12.8 Å². The molecule has 0 atom stereocenters. The molecule has 0 fully saturated rings. The molecule has 1 heteroatoms. The SMILES string of the molecule is C1=NCCc2ccccc21.CC. The van der Waals surface area contributed by atoms with Crippen molar-refractivity contribution in [3.8, 4) is 0 Å². The van der Waals surface area contributed by atoms with Crippen LogP contribution in [0.5, 0.6) is 0 Å². The second kappa shape index (κ2) is 4.70. The van der Waals surface area contributed by atoms with Crippen molar-refractivity contribution >= 4 is 6.21 Å². The molecule has 2 rings (SSSR count). The van der Waals surface area contributed by atoms with Crippen molar-refractivity contribution < 1.29 is 0 Å². The predicted molar refractivity (Wildman–Crippen MR) is 54.0 cm³/mol. The first-order chi connectivity index (χ1) is 5.97. The summed E-state index contributed by atoms with van der Waals surface area (Å²) < 4.78 is 0. The molecule has 0 N–H and O–H groups in total. The van der Waals surface area contributed by atoms with Crippen LogP contribution in [-0.2, 0) is 6.42 Å². The van der Waals surface area contributed by atoms with E-state index in [0.717, 1.165) is 13.0 Å². The van der Waals surface area contributed by atoms with Gasteiger partial charge in [0.05, 0.1) is 0 Å². The lowest BCUT2D eigenvalue weighted by atomic mass is 10.0. The predicted octanol–water partition coefficient (Wildman–Crippen LogP) is 2.69. The van der Waals surface area contributed by atoms with E-state index < -0.39 is 0 Å². The normalized spacial score (nSPS) is 12.8. The summed E-state index contributed by atoms with van der Waals surface area (Å²) >= 11 is 0. The van der Waals surface area contributed by atoms with Gasteiger partial charge in [-0.15, -0.1) is 0 Å². The first-order valence-corrected chi connectivity index (χ1v) is 4.54. The second-order valence-electron chi connectivity index (χ2n) is 2.48. The zero-order valence-electron chi connectivity index (χ0n) is 7.75. The van der Waals surface area contributed by atoms with E-state index in [1.807, 2.05) is 20.1 Å². The Morgan fingerprint density at radius 1 is 1.17 bits per heavy atom. The Labute approximate surface area is 74.2 Å². The molecule has 0 spiro atoms. The number of rotatable bonds is 0. The van der Waals surface area contributed by atoms with Gasteiger partial charge in [0.25, 0.3) is 0 Å². The van der Waals surface area contributed by atoms with Crippen LogP contribution < -0.4 is 0 Å². The number of aliphatic imine (C=N–C) groups is 1. The van der Waals surface area contributed by atoms with Gasteiger partial charge in [-0.05, 0) is 17.5 Å². The molecule has 0 bridgehead atoms. The quantitative estimate of drug-likeness (QED) is 0.554. The molecule has 64 valence electrons. The summed E-state index contributed by atoms with van der Waals surface area (Å²) in [5, 5.41) is 0. The minimum atomic E-state index is 0.955. The molecule has 1 aliphatic heterocycles. The first kappa shape index (κ1) is 8.98. The highest BCUT2D eigenvalue weighted by Gasteiger charge is 2.01. The third kappa shape index (κ3) is 1.94. The maximum absolute atomic E-state index is 4.19. The summed E-state index contributed by atoms with van der Waals surface area (Å²) in [6.07, 6.45) is 3.06. The molecule has 0 aromatic heterocycles. The van der Waals surface area contributed by atoms with Crippen molar-refractivity contribution in [3.05, 3.63) is 35.4 Å². The lowest BCUT2D eigenvalue weighted by molar-refractivity contribution is 0.952. The van der Waals surface area contributed by atoms with E-state index in [2.05, 4.69) is 29.3 Å². The van der Waals surface area contributed by atoms with Crippen LogP contribution in [0.3, 0.4) is 0 Å². The van der Waals surface area contributed by atoms with Gasteiger partial charge in [-0.2, -0.15) is 0 Å². The van der Waals surface area contributed by atoms with Crippen LogP contribution in [0, 0.1) is 0 Å². The number of fused-ring (bicyclic) bond motifs is 1. The average Bonchev–Trinajstić information content (AvgIpc) is 2.21. The van der Waals surface area contributed by atoms with E-state index in [9.17, 15) is 0 Å². The van der Waals surface area contributed by atoms with E-state index in [0.29, 0.717) is 0 Å². The van der Waals surface area contributed by atoms with Gasteiger partial charge in [0, 0.05) is 12.8 Å². The third-order valence-corrected chi connectivity index (χ3v) is 1.80. The van der Waals surface area contributed by atoms with Crippen LogP contribution >= 0.6 is 0 Å². The molecule has 1 aliphatic rings. The molecule has 0 unspecified atom stereocenters. The zero-order valence-corrected chi connectivity index (χ0v) is 7.75. The molecular weight excluding hydrogens is 146 g/mol. The standard InChI is InChI=1S/C9H9N.C2H6/c1-2-4-9-7-10-6-5-8(9)3-1;1-2/h1-4,7H,5-6H2;1-2H3. The summed E-state index contributed by atoms with van der Waals surface area (Å²) in [6.45, 7) is 4.96. The topological polar surface area (TPSA) is 12.4 Å². The minimum Gasteiger partial charge on any atom is -0.292 e. The minimum absolute atomic E-state index is 0.955. The molecule has 1 heterocycles. The third-order valence-electron chi connectivity index (χ3n) is 1.80. The molecule has 0 saturated heterocycles. The number of benzene rings is 1. The highest BCUT2D eigenvalue weighted by Crippen LogP contribution is 2.10. The van der Waals surface area contributed by atoms with Crippen molar-refractivity contribution in [2.24, 2.45) is 4.99 Å². The molecule has 1 nitrogen and oxygen atoms in total. The molecule has 0 saturated carbocycles. The van der Waals surface area contributed by atoms with Crippen LogP contribution in [0.1, 0.15) is 25.0 Å². The first-order valence-electron chi connectivity index (χ1n) is 4.54. The molecule has 1 aromatic rings. The van der Waals surface area contributed by atoms with Crippen molar-refractivity contribution in [1.82, 2.24) is 0 Å². The van der Waals surface area contributed by atoms with Gasteiger partial charge in [0.1, 0.15) is 0 Å². The lowest BCUT2D eigenvalue weighted by Gasteiger charge is -2.07. The van der Waals surface area contributed by atoms with Gasteiger partial charge in [-0.25, -0.2) is 0 Å². The molecular formula is C11H15N. The molecule has 0 radical (unpaired) electrons. The lowest BCUT2D eigenvalue weighted by Crippen LogP contribution is -2.01. The summed E-state index contributed by atoms with van der Waals surface area (Å²) in [5.41, 5.74) is 2.71. The van der Waals surface area contributed by atoms with Crippen molar-refractivity contribution in [3.63, 3.8) is 0 Å². The van der Waals surface area contributed by atoms with E-state index in [4.69, 9.17) is 0 Å². The monoisotopic (exact) mass is 161 g/mol. The number of hydrogen-bond acceptors (Lipinski definition) is 1. The largest absolute Gasteiger partial charge is 0.292 e. The molecule has 12 heavy (non-hydrogen) atoms. The van der Waals surface area contributed by atoms with Crippen molar-refractivity contribution in [2.75, 3.05) is 6.54 Å². The van der Waals surface area contributed by atoms with Crippen LogP contribution in [0.25, 0.3) is 0 Å². The Morgan fingerprint density at radius 2 is 1.92 bits per heavy atom. The van der Waals surface area contributed by atoms with E-state index in [1.54, 1.807) is 0 Å². The van der Waals surface area contributed by atoms with Gasteiger partial charge < -0.3 is 0 Å². The van der Waals surface area contributed by atoms with Gasteiger partial charge in [-0.1, -0.05) is 38.1 Å². The molecule has 1 aromatic carbocycles. The van der Waals surface area contributed by atoms with Crippen LogP contribution in [0.4, 0.5) is 0 Å². The molecule has 0 aliphatic carbocycles. The van der Waals surface area contributed by atoms with E-state index in [1.165, 1.54) is 11.1 Å². The summed E-state index contributed by atoms with van der Waals surface area (Å²) in [4.78, 5) is 4.19.